The van der Waals surface area contributed by atoms with E-state index in [2.05, 4.69) is 19.2 Å². The Hall–Kier alpha value is -1.75. The first-order valence-corrected chi connectivity index (χ1v) is 7.11. The Kier molecular flexibility index (Phi) is 3.66. The number of hydrogen-bond acceptors (Lipinski definition) is 4. The third kappa shape index (κ3) is 3.29. The maximum atomic E-state index is 11.7. The van der Waals surface area contributed by atoms with Crippen molar-refractivity contribution in [2.45, 2.75) is 52.2 Å². The lowest BCUT2D eigenvalue weighted by atomic mass is 10.0. The summed E-state index contributed by atoms with van der Waals surface area (Å²) in [5, 5.41) is 12.6. The minimum absolute atomic E-state index is 0.0215. The van der Waals surface area contributed by atoms with Gasteiger partial charge in [0, 0.05) is 12.0 Å². The van der Waals surface area contributed by atoms with Crippen LogP contribution < -0.4 is 11.1 Å². The summed E-state index contributed by atoms with van der Waals surface area (Å²) in [5.74, 6) is 0.257. The standard InChI is InChI=1S/C16H24N2O3/c1-15(2,3)21-14(20)18-10-7-6-9(8-11(10)19)12-13(17)16(12,4)5/h6-8,12-13,19H,17H2,1-5H3,(H,18,20)/t12-,13-/m1/s1. The average molecular weight is 292 g/mol. The molecular weight excluding hydrogens is 268 g/mol. The molecule has 0 unspecified atom stereocenters. The molecule has 0 aliphatic heterocycles. The summed E-state index contributed by atoms with van der Waals surface area (Å²) in [6, 6.07) is 5.31. The molecule has 1 aliphatic rings. The zero-order valence-electron chi connectivity index (χ0n) is 13.2. The molecule has 0 radical (unpaired) electrons. The van der Waals surface area contributed by atoms with Crippen LogP contribution >= 0.6 is 0 Å². The number of phenolic OH excluding ortho intramolecular Hbond substituents is 1. The highest BCUT2D eigenvalue weighted by Crippen LogP contribution is 2.57. The van der Waals surface area contributed by atoms with Crippen molar-refractivity contribution in [3.8, 4) is 5.75 Å². The molecule has 0 aromatic heterocycles. The number of nitrogens with one attached hydrogen (secondary N) is 1. The van der Waals surface area contributed by atoms with Crippen molar-refractivity contribution in [2.75, 3.05) is 5.32 Å². The summed E-state index contributed by atoms with van der Waals surface area (Å²) in [7, 11) is 0. The Labute approximate surface area is 125 Å². The van der Waals surface area contributed by atoms with Crippen molar-refractivity contribution in [3.05, 3.63) is 23.8 Å². The normalized spacial score (nSPS) is 23.5. The van der Waals surface area contributed by atoms with Gasteiger partial charge in [0.15, 0.2) is 0 Å². The van der Waals surface area contributed by atoms with E-state index in [0.29, 0.717) is 5.69 Å². The number of anilines is 1. The van der Waals surface area contributed by atoms with Gasteiger partial charge in [0.1, 0.15) is 11.4 Å². The van der Waals surface area contributed by atoms with Gasteiger partial charge in [0.05, 0.1) is 5.69 Å². The molecule has 2 rings (SSSR count). The van der Waals surface area contributed by atoms with Crippen LogP contribution in [0.5, 0.6) is 5.75 Å². The fraction of sp³-hybridized carbons (Fsp3) is 0.562. The highest BCUT2D eigenvalue weighted by atomic mass is 16.6. The molecule has 0 bridgehead atoms. The minimum Gasteiger partial charge on any atom is -0.506 e. The van der Waals surface area contributed by atoms with E-state index in [-0.39, 0.29) is 23.1 Å². The molecule has 1 aliphatic carbocycles. The number of benzene rings is 1. The molecule has 116 valence electrons. The summed E-state index contributed by atoms with van der Waals surface area (Å²) in [6.07, 6.45) is -0.589. The van der Waals surface area contributed by atoms with E-state index in [9.17, 15) is 9.90 Å². The van der Waals surface area contributed by atoms with E-state index in [4.69, 9.17) is 10.5 Å². The van der Waals surface area contributed by atoms with Crippen LogP contribution in [-0.4, -0.2) is 22.8 Å². The van der Waals surface area contributed by atoms with E-state index >= 15 is 0 Å². The molecule has 1 aromatic carbocycles. The number of aromatic hydroxyl groups is 1. The smallest absolute Gasteiger partial charge is 0.412 e. The second kappa shape index (κ2) is 4.91. The van der Waals surface area contributed by atoms with Crippen molar-refractivity contribution in [1.29, 1.82) is 0 Å². The van der Waals surface area contributed by atoms with Crippen molar-refractivity contribution in [3.63, 3.8) is 0 Å². The Morgan fingerprint density at radius 3 is 2.38 bits per heavy atom. The first-order valence-electron chi connectivity index (χ1n) is 7.11. The number of carbonyl (C=O) groups excluding carboxylic acids is 1. The number of phenols is 1. The van der Waals surface area contributed by atoms with Gasteiger partial charge in [-0.2, -0.15) is 0 Å². The SMILES string of the molecule is CC(C)(C)OC(=O)Nc1ccc([C@@H]2[C@@H](N)C2(C)C)cc1O. The minimum atomic E-state index is -0.589. The maximum Gasteiger partial charge on any atom is 0.412 e. The lowest BCUT2D eigenvalue weighted by Gasteiger charge is -2.20. The fourth-order valence-electron chi connectivity index (χ4n) is 2.58. The van der Waals surface area contributed by atoms with E-state index in [1.54, 1.807) is 32.9 Å². The number of carbonyl (C=O) groups is 1. The van der Waals surface area contributed by atoms with Gasteiger partial charge < -0.3 is 15.6 Å². The number of hydrogen-bond donors (Lipinski definition) is 3. The predicted octanol–water partition coefficient (Wildman–Crippen LogP) is 3.19. The van der Waals surface area contributed by atoms with Gasteiger partial charge in [-0.1, -0.05) is 19.9 Å². The van der Waals surface area contributed by atoms with E-state index in [1.807, 2.05) is 6.07 Å². The number of nitrogens with two attached hydrogens (primary N) is 1. The monoisotopic (exact) mass is 292 g/mol. The second-order valence-corrected chi connectivity index (χ2v) is 7.23. The Balaban J connectivity index is 2.09. The molecule has 21 heavy (non-hydrogen) atoms. The predicted molar refractivity (Wildman–Crippen MR) is 82.5 cm³/mol. The van der Waals surface area contributed by atoms with Crippen molar-refractivity contribution < 1.29 is 14.6 Å². The largest absolute Gasteiger partial charge is 0.506 e. The zero-order chi connectivity index (χ0) is 16.0. The lowest BCUT2D eigenvalue weighted by Crippen LogP contribution is -2.27. The first-order chi connectivity index (χ1) is 9.52. The maximum absolute atomic E-state index is 11.7. The summed E-state index contributed by atoms with van der Waals surface area (Å²) in [5.41, 5.74) is 6.83. The Morgan fingerprint density at radius 2 is 1.95 bits per heavy atom. The van der Waals surface area contributed by atoms with Gasteiger partial charge in [-0.3, -0.25) is 5.32 Å². The highest BCUT2D eigenvalue weighted by Gasteiger charge is 2.56. The van der Waals surface area contributed by atoms with Crippen LogP contribution in [0.15, 0.2) is 18.2 Å². The topological polar surface area (TPSA) is 84.6 Å². The molecule has 5 heteroatoms. The van der Waals surface area contributed by atoms with Gasteiger partial charge in [0.25, 0.3) is 0 Å². The van der Waals surface area contributed by atoms with Gasteiger partial charge in [-0.05, 0) is 43.9 Å². The zero-order valence-corrected chi connectivity index (χ0v) is 13.2. The summed E-state index contributed by atoms with van der Waals surface area (Å²) in [6.45, 7) is 9.56. The Morgan fingerprint density at radius 1 is 1.38 bits per heavy atom. The van der Waals surface area contributed by atoms with Crippen LogP contribution in [0.25, 0.3) is 0 Å². The van der Waals surface area contributed by atoms with Crippen LogP contribution in [-0.2, 0) is 4.74 Å². The Bertz CT molecular complexity index is 561. The van der Waals surface area contributed by atoms with E-state index in [1.165, 1.54) is 0 Å². The number of ether oxygens (including phenoxy) is 1. The molecular formula is C16H24N2O3. The molecule has 1 aromatic rings. The highest BCUT2D eigenvalue weighted by molar-refractivity contribution is 5.87. The van der Waals surface area contributed by atoms with Crippen LogP contribution in [0.2, 0.25) is 0 Å². The lowest BCUT2D eigenvalue weighted by molar-refractivity contribution is 0.0635. The average Bonchev–Trinajstić information content (AvgIpc) is 2.78. The van der Waals surface area contributed by atoms with Crippen LogP contribution in [0, 0.1) is 5.41 Å². The fourth-order valence-corrected chi connectivity index (χ4v) is 2.58. The molecule has 1 fully saturated rings. The first kappa shape index (κ1) is 15.6. The van der Waals surface area contributed by atoms with Gasteiger partial charge in [0.2, 0.25) is 0 Å². The molecule has 1 saturated carbocycles. The van der Waals surface area contributed by atoms with Crippen LogP contribution in [0.4, 0.5) is 10.5 Å². The molecule has 5 nitrogen and oxygen atoms in total. The molecule has 4 N–H and O–H groups in total. The van der Waals surface area contributed by atoms with E-state index < -0.39 is 11.7 Å². The van der Waals surface area contributed by atoms with Gasteiger partial charge in [-0.25, -0.2) is 4.79 Å². The molecule has 1 amide bonds. The van der Waals surface area contributed by atoms with Crippen molar-refractivity contribution in [2.24, 2.45) is 11.1 Å². The van der Waals surface area contributed by atoms with Crippen LogP contribution in [0.1, 0.15) is 46.1 Å². The van der Waals surface area contributed by atoms with Crippen molar-refractivity contribution >= 4 is 11.8 Å². The van der Waals surface area contributed by atoms with Gasteiger partial charge >= 0.3 is 6.09 Å². The number of rotatable bonds is 2. The molecule has 0 saturated heterocycles. The quantitative estimate of drug-likeness (QED) is 0.731. The molecule has 0 heterocycles. The number of amides is 1. The molecule has 0 spiro atoms. The van der Waals surface area contributed by atoms with Crippen LogP contribution in [0.3, 0.4) is 0 Å². The summed E-state index contributed by atoms with van der Waals surface area (Å²) < 4.78 is 5.16. The third-order valence-corrected chi connectivity index (χ3v) is 3.93. The molecule has 2 atom stereocenters. The van der Waals surface area contributed by atoms with Crippen molar-refractivity contribution in [1.82, 2.24) is 0 Å². The van der Waals surface area contributed by atoms with Gasteiger partial charge in [-0.15, -0.1) is 0 Å². The third-order valence-electron chi connectivity index (χ3n) is 3.93. The second-order valence-electron chi connectivity index (χ2n) is 7.23. The van der Waals surface area contributed by atoms with E-state index in [0.717, 1.165) is 5.56 Å². The summed E-state index contributed by atoms with van der Waals surface area (Å²) in [4.78, 5) is 11.7. The summed E-state index contributed by atoms with van der Waals surface area (Å²) >= 11 is 0.